The molecule has 0 fully saturated rings. The van der Waals surface area contributed by atoms with Crippen molar-refractivity contribution in [1.82, 2.24) is 4.90 Å². The van der Waals surface area contributed by atoms with Gasteiger partial charge in [0.1, 0.15) is 0 Å². The number of benzene rings is 1. The van der Waals surface area contributed by atoms with E-state index in [-0.39, 0.29) is 10.8 Å². The van der Waals surface area contributed by atoms with Crippen LogP contribution in [-0.2, 0) is 5.41 Å². The van der Waals surface area contributed by atoms with Crippen LogP contribution < -0.4 is 4.90 Å². The van der Waals surface area contributed by atoms with Gasteiger partial charge in [-0.25, -0.2) is 0 Å². The Morgan fingerprint density at radius 2 is 1.46 bits per heavy atom. The van der Waals surface area contributed by atoms with Gasteiger partial charge in [0.05, 0.1) is 6.17 Å². The average Bonchev–Trinajstić information content (AvgIpc) is 2.58. The Hall–Kier alpha value is -1.54. The van der Waals surface area contributed by atoms with Crippen molar-refractivity contribution in [2.24, 2.45) is 5.41 Å². The summed E-state index contributed by atoms with van der Waals surface area (Å²) in [5, 5.41) is 0. The molecule has 0 radical (unpaired) electrons. The van der Waals surface area contributed by atoms with Crippen molar-refractivity contribution in [3.05, 3.63) is 54.1 Å². The molecule has 3 atom stereocenters. The fraction of sp³-hybridized carbons (Fsp3) is 0.545. The second kappa shape index (κ2) is 5.77. The molecule has 2 aliphatic rings. The molecule has 130 valence electrons. The minimum Gasteiger partial charge on any atom is -0.349 e. The number of allylic oxidation sites excluding steroid dienone is 2. The van der Waals surface area contributed by atoms with E-state index < -0.39 is 0 Å². The average molecular weight is 325 g/mol. The largest absolute Gasteiger partial charge is 0.349 e. The van der Waals surface area contributed by atoms with E-state index in [2.05, 4.69) is 107 Å². The summed E-state index contributed by atoms with van der Waals surface area (Å²) in [5.74, 6) is 0. The van der Waals surface area contributed by atoms with Crippen LogP contribution in [0, 0.1) is 5.41 Å². The molecule has 0 N–H and O–H groups in total. The lowest BCUT2D eigenvalue weighted by Gasteiger charge is -2.61. The van der Waals surface area contributed by atoms with Crippen LogP contribution in [0.15, 0.2) is 48.6 Å². The highest BCUT2D eigenvalue weighted by Gasteiger charge is 2.54. The van der Waals surface area contributed by atoms with Gasteiger partial charge in [-0.1, -0.05) is 70.2 Å². The Labute approximate surface area is 147 Å². The molecule has 0 bridgehead atoms. The highest BCUT2D eigenvalue weighted by atomic mass is 15.4. The minimum atomic E-state index is 0.0972. The number of rotatable bonds is 0. The van der Waals surface area contributed by atoms with Crippen LogP contribution in [0.5, 0.6) is 0 Å². The monoisotopic (exact) mass is 324 g/mol. The van der Waals surface area contributed by atoms with E-state index in [1.807, 2.05) is 0 Å². The van der Waals surface area contributed by atoms with Crippen LogP contribution in [0.4, 0.5) is 5.69 Å². The minimum absolute atomic E-state index is 0.0972. The van der Waals surface area contributed by atoms with Crippen LogP contribution in [-0.4, -0.2) is 30.2 Å². The van der Waals surface area contributed by atoms with E-state index >= 15 is 0 Å². The van der Waals surface area contributed by atoms with E-state index in [1.165, 1.54) is 11.3 Å². The van der Waals surface area contributed by atoms with Crippen LogP contribution >= 0.6 is 0 Å². The SMILES string of the molecule is CC1/C=C\C=C/C(C)N2c3ccccc3C(C)(C)C(C)(C)C2N1C. The first kappa shape index (κ1) is 17.3. The van der Waals surface area contributed by atoms with Gasteiger partial charge >= 0.3 is 0 Å². The van der Waals surface area contributed by atoms with Gasteiger partial charge in [-0.2, -0.15) is 0 Å². The maximum absolute atomic E-state index is 2.63. The molecule has 0 saturated heterocycles. The van der Waals surface area contributed by atoms with E-state index in [0.717, 1.165) is 0 Å². The fourth-order valence-corrected chi connectivity index (χ4v) is 4.43. The zero-order chi connectivity index (χ0) is 17.7. The third-order valence-electron chi connectivity index (χ3n) is 6.73. The van der Waals surface area contributed by atoms with E-state index in [4.69, 9.17) is 0 Å². The third kappa shape index (κ3) is 2.35. The summed E-state index contributed by atoms with van der Waals surface area (Å²) in [7, 11) is 2.27. The van der Waals surface area contributed by atoms with Crippen molar-refractivity contribution in [1.29, 1.82) is 0 Å². The van der Waals surface area contributed by atoms with Crippen molar-refractivity contribution < 1.29 is 0 Å². The molecule has 2 heterocycles. The second-order valence-corrected chi connectivity index (χ2v) is 8.56. The van der Waals surface area contributed by atoms with Crippen LogP contribution in [0.3, 0.4) is 0 Å². The maximum atomic E-state index is 2.63. The number of hydrogen-bond donors (Lipinski definition) is 0. The standard InChI is InChI=1S/C22H32N2/c1-16-12-8-9-13-17(2)24-19-15-11-10-14-18(19)21(3,4)22(5,6)20(24)23(16)7/h8-17,20H,1-7H3/b12-8-,13-9-. The molecule has 0 spiro atoms. The summed E-state index contributed by atoms with van der Waals surface area (Å²) in [4.78, 5) is 5.16. The van der Waals surface area contributed by atoms with E-state index in [1.54, 1.807) is 0 Å². The van der Waals surface area contributed by atoms with E-state index in [0.29, 0.717) is 18.2 Å². The molecule has 2 heteroatoms. The summed E-state index contributed by atoms with van der Waals surface area (Å²) in [5.41, 5.74) is 3.04. The fourth-order valence-electron chi connectivity index (χ4n) is 4.43. The number of fused-ring (bicyclic) bond motifs is 3. The van der Waals surface area contributed by atoms with Crippen LogP contribution in [0.2, 0.25) is 0 Å². The van der Waals surface area contributed by atoms with Gasteiger partial charge in [-0.3, -0.25) is 4.90 Å². The molecule has 0 aromatic heterocycles. The molecule has 2 aliphatic heterocycles. The zero-order valence-corrected chi connectivity index (χ0v) is 16.2. The molecule has 3 unspecified atom stereocenters. The maximum Gasteiger partial charge on any atom is 0.0889 e. The lowest BCUT2D eigenvalue weighted by atomic mass is 9.59. The van der Waals surface area contributed by atoms with Gasteiger partial charge in [0.15, 0.2) is 0 Å². The van der Waals surface area contributed by atoms with Crippen LogP contribution in [0.25, 0.3) is 0 Å². The molecular formula is C22H32N2. The summed E-state index contributed by atoms with van der Waals surface area (Å²) in [6, 6.07) is 9.72. The van der Waals surface area contributed by atoms with Gasteiger partial charge in [0.25, 0.3) is 0 Å². The van der Waals surface area contributed by atoms with Gasteiger partial charge in [0.2, 0.25) is 0 Å². The van der Waals surface area contributed by atoms with Crippen molar-refractivity contribution in [2.45, 2.75) is 65.2 Å². The van der Waals surface area contributed by atoms with Gasteiger partial charge in [-0.15, -0.1) is 0 Å². The second-order valence-electron chi connectivity index (χ2n) is 8.56. The topological polar surface area (TPSA) is 6.48 Å². The molecule has 0 saturated carbocycles. The first-order chi connectivity index (χ1) is 11.2. The Morgan fingerprint density at radius 3 is 2.12 bits per heavy atom. The molecule has 3 rings (SSSR count). The summed E-state index contributed by atoms with van der Waals surface area (Å²) >= 11 is 0. The smallest absolute Gasteiger partial charge is 0.0889 e. The molecule has 0 aliphatic carbocycles. The highest BCUT2D eigenvalue weighted by molar-refractivity contribution is 5.62. The number of likely N-dealkylation sites (N-methyl/N-ethyl adjacent to an activating group) is 1. The molecule has 1 aromatic carbocycles. The van der Waals surface area contributed by atoms with Crippen molar-refractivity contribution in [3.63, 3.8) is 0 Å². The Balaban J connectivity index is 2.28. The zero-order valence-electron chi connectivity index (χ0n) is 16.2. The lowest BCUT2D eigenvalue weighted by molar-refractivity contribution is 0.0239. The first-order valence-corrected chi connectivity index (χ1v) is 9.14. The predicted octanol–water partition coefficient (Wildman–Crippen LogP) is 4.97. The molecule has 24 heavy (non-hydrogen) atoms. The molecule has 0 amide bonds. The lowest BCUT2D eigenvalue weighted by Crippen LogP contribution is -2.66. The summed E-state index contributed by atoms with van der Waals surface area (Å²) in [6.07, 6.45) is 9.35. The Morgan fingerprint density at radius 1 is 0.875 bits per heavy atom. The summed E-state index contributed by atoms with van der Waals surface area (Å²) < 4.78 is 0. The Kier molecular flexibility index (Phi) is 4.16. The molecular weight excluding hydrogens is 292 g/mol. The van der Waals surface area contributed by atoms with Gasteiger partial charge in [-0.05, 0) is 32.5 Å². The number of hydrogen-bond acceptors (Lipinski definition) is 2. The molecule has 2 nitrogen and oxygen atoms in total. The number of nitrogens with zero attached hydrogens (tertiary/aromatic N) is 2. The third-order valence-corrected chi connectivity index (χ3v) is 6.73. The first-order valence-electron chi connectivity index (χ1n) is 9.14. The normalized spacial score (nSPS) is 34.3. The Bertz CT molecular complexity index is 668. The van der Waals surface area contributed by atoms with Crippen LogP contribution in [0.1, 0.15) is 47.1 Å². The quantitative estimate of drug-likeness (QED) is 0.664. The molecule has 1 aromatic rings. The summed E-state index contributed by atoms with van der Waals surface area (Å²) in [6.45, 7) is 14.3. The van der Waals surface area contributed by atoms with Gasteiger partial charge < -0.3 is 4.90 Å². The number of anilines is 1. The highest BCUT2D eigenvalue weighted by Crippen LogP contribution is 2.54. The number of para-hydroxylation sites is 1. The van der Waals surface area contributed by atoms with Crippen molar-refractivity contribution in [3.8, 4) is 0 Å². The predicted molar refractivity (Wildman–Crippen MR) is 104 cm³/mol. The van der Waals surface area contributed by atoms with Gasteiger partial charge in [0, 0.05) is 28.6 Å². The van der Waals surface area contributed by atoms with Crippen molar-refractivity contribution in [2.75, 3.05) is 11.9 Å². The van der Waals surface area contributed by atoms with Crippen molar-refractivity contribution >= 4 is 5.69 Å². The van der Waals surface area contributed by atoms with E-state index in [9.17, 15) is 0 Å².